The van der Waals surface area contributed by atoms with E-state index in [2.05, 4.69) is 5.32 Å². The summed E-state index contributed by atoms with van der Waals surface area (Å²) in [5.41, 5.74) is -0.248. The third-order valence-electron chi connectivity index (χ3n) is 7.75. The van der Waals surface area contributed by atoms with E-state index in [0.29, 0.717) is 30.8 Å². The molecule has 0 aromatic heterocycles. The molecule has 1 heterocycles. The molecule has 1 fully saturated rings. The molecule has 1 N–H and O–H groups in total. The third kappa shape index (κ3) is 8.62. The molecule has 2 amide bonds. The van der Waals surface area contributed by atoms with Crippen LogP contribution in [0.2, 0.25) is 0 Å². The summed E-state index contributed by atoms with van der Waals surface area (Å²) < 4.78 is 44.8. The fourth-order valence-corrected chi connectivity index (χ4v) is 5.28. The van der Waals surface area contributed by atoms with Crippen molar-refractivity contribution in [2.75, 3.05) is 55.1 Å². The van der Waals surface area contributed by atoms with Crippen molar-refractivity contribution in [1.29, 1.82) is 0 Å². The highest BCUT2D eigenvalue weighted by Gasteiger charge is 2.42. The summed E-state index contributed by atoms with van der Waals surface area (Å²) in [5.74, 6) is -2.83. The summed E-state index contributed by atoms with van der Waals surface area (Å²) in [6.07, 6.45) is -0.354. The summed E-state index contributed by atoms with van der Waals surface area (Å²) >= 11 is 0. The molecular formula is C34H37FN2O12. The predicted octanol–water partition coefficient (Wildman–Crippen LogP) is 3.25. The quantitative estimate of drug-likeness (QED) is 0.159. The molecule has 3 aromatic carbocycles. The molecule has 0 radical (unpaired) electrons. The van der Waals surface area contributed by atoms with Gasteiger partial charge >= 0.3 is 12.1 Å². The van der Waals surface area contributed by atoms with Crippen LogP contribution in [0.1, 0.15) is 55.9 Å². The molecule has 1 saturated heterocycles. The number of ketones is 1. The standard InChI is InChI=1S/C34H37FN2O12/c1-43-19-47-25-13-12-23(17-28(25)46-4)32(39)36-24-7-5-6-16-37(18-24,34(41)42)49-33(40)22-10-8-21(9-11-22)31(38)29-26(48-20-44-2)14-15-27(45-3)30(29)35/h8-15,17,24H,5-7,16,18-20H2,1-4H3,(H-,36,39,41,42). The Labute approximate surface area is 281 Å². The van der Waals surface area contributed by atoms with Gasteiger partial charge in [-0.25, -0.2) is 9.18 Å². The van der Waals surface area contributed by atoms with Crippen LogP contribution in [0, 0.1) is 5.82 Å². The highest BCUT2D eigenvalue weighted by molar-refractivity contribution is 6.11. The van der Waals surface area contributed by atoms with Gasteiger partial charge < -0.3 is 43.6 Å². The Morgan fingerprint density at radius 3 is 2.02 bits per heavy atom. The fourth-order valence-electron chi connectivity index (χ4n) is 5.28. The van der Waals surface area contributed by atoms with E-state index in [1.54, 1.807) is 6.07 Å². The van der Waals surface area contributed by atoms with Crippen LogP contribution in [-0.4, -0.2) is 89.6 Å². The van der Waals surface area contributed by atoms with E-state index in [0.717, 1.165) is 0 Å². The Hall–Kier alpha value is -5.25. The van der Waals surface area contributed by atoms with Gasteiger partial charge in [0.1, 0.15) is 24.4 Å². The Balaban J connectivity index is 1.51. The molecule has 14 nitrogen and oxygen atoms in total. The van der Waals surface area contributed by atoms with Gasteiger partial charge in [0.05, 0.1) is 25.8 Å². The predicted molar refractivity (Wildman–Crippen MR) is 167 cm³/mol. The minimum Gasteiger partial charge on any atom is -0.495 e. The summed E-state index contributed by atoms with van der Waals surface area (Å²) in [7, 11) is 5.50. The number of methoxy groups -OCH3 is 4. The second kappa shape index (κ2) is 16.7. The minimum atomic E-state index is -1.67. The first kappa shape index (κ1) is 36.6. The first-order valence-corrected chi connectivity index (χ1v) is 15.1. The number of carboxylic acid groups (broad SMARTS) is 1. The van der Waals surface area contributed by atoms with Crippen molar-refractivity contribution in [3.63, 3.8) is 0 Å². The number of hydrogen-bond donors (Lipinski definition) is 1. The molecule has 4 rings (SSSR count). The van der Waals surface area contributed by atoms with Gasteiger partial charge in [-0.3, -0.25) is 14.4 Å². The summed E-state index contributed by atoms with van der Waals surface area (Å²) in [5, 5.41) is 15.3. The van der Waals surface area contributed by atoms with E-state index < -0.39 is 45.8 Å². The molecular weight excluding hydrogens is 647 g/mol. The zero-order valence-corrected chi connectivity index (χ0v) is 27.4. The van der Waals surface area contributed by atoms with Crippen molar-refractivity contribution >= 4 is 23.8 Å². The van der Waals surface area contributed by atoms with Crippen molar-refractivity contribution in [3.8, 4) is 23.0 Å². The number of quaternary nitrogens is 1. The monoisotopic (exact) mass is 684 g/mol. The number of likely N-dealkylation sites (tertiary alicyclic amines) is 1. The largest absolute Gasteiger partial charge is 0.495 e. The SMILES string of the molecule is COCOc1ccc(C(=O)NC2CCCC[N+](OC(=O)c3ccc(C(=O)c4c(OCOC)ccc(OC)c4F)cc3)(C(=O)[O-])C2)cc1OC. The van der Waals surface area contributed by atoms with Crippen LogP contribution < -0.4 is 29.4 Å². The van der Waals surface area contributed by atoms with Crippen LogP contribution in [0.3, 0.4) is 0 Å². The number of halogens is 1. The first-order valence-electron chi connectivity index (χ1n) is 15.1. The molecule has 2 atom stereocenters. The van der Waals surface area contributed by atoms with Gasteiger partial charge in [0, 0.05) is 31.8 Å². The Kier molecular flexibility index (Phi) is 12.5. The Morgan fingerprint density at radius 2 is 1.39 bits per heavy atom. The van der Waals surface area contributed by atoms with Crippen LogP contribution in [-0.2, 0) is 14.3 Å². The van der Waals surface area contributed by atoms with E-state index in [1.807, 2.05) is 0 Å². The smallest absolute Gasteiger partial charge is 0.398 e. The number of benzene rings is 3. The summed E-state index contributed by atoms with van der Waals surface area (Å²) in [6, 6.07) is 11.5. The molecule has 0 aliphatic carbocycles. The topological polar surface area (TPSA) is 168 Å². The fraction of sp³-hybridized carbons (Fsp3) is 0.353. The Bertz CT molecular complexity index is 1670. The van der Waals surface area contributed by atoms with Crippen molar-refractivity contribution in [1.82, 2.24) is 5.32 Å². The molecule has 1 aliphatic rings. The number of nitrogens with zero attached hydrogens (tertiary/aromatic N) is 1. The summed E-state index contributed by atoms with van der Waals surface area (Å²) in [6.45, 7) is -0.673. The highest BCUT2D eigenvalue weighted by atomic mass is 19.1. The maximum absolute atomic E-state index is 15.2. The van der Waals surface area contributed by atoms with Crippen LogP contribution in [0.15, 0.2) is 54.6 Å². The Morgan fingerprint density at radius 1 is 0.796 bits per heavy atom. The van der Waals surface area contributed by atoms with Crippen LogP contribution in [0.5, 0.6) is 23.0 Å². The average Bonchev–Trinajstić information content (AvgIpc) is 3.31. The van der Waals surface area contributed by atoms with Gasteiger partial charge in [0.2, 0.25) is 0 Å². The molecule has 0 bridgehead atoms. The normalized spacial score (nSPS) is 17.3. The lowest BCUT2D eigenvalue weighted by Gasteiger charge is -2.34. The van der Waals surface area contributed by atoms with E-state index in [1.165, 1.54) is 77.0 Å². The molecule has 0 saturated carbocycles. The lowest BCUT2D eigenvalue weighted by atomic mass is 10.00. The maximum Gasteiger partial charge on any atom is 0.398 e. The number of carbonyl (C=O) groups excluding carboxylic acids is 4. The summed E-state index contributed by atoms with van der Waals surface area (Å²) in [4.78, 5) is 57.9. The molecule has 262 valence electrons. The van der Waals surface area contributed by atoms with Crippen molar-refractivity contribution in [3.05, 3.63) is 82.7 Å². The lowest BCUT2D eigenvalue weighted by Crippen LogP contribution is -2.63. The van der Waals surface area contributed by atoms with Gasteiger partial charge in [-0.05, 0) is 55.3 Å². The molecule has 2 unspecified atom stereocenters. The van der Waals surface area contributed by atoms with Crippen LogP contribution in [0.4, 0.5) is 9.18 Å². The zero-order chi connectivity index (χ0) is 35.6. The van der Waals surface area contributed by atoms with Gasteiger partial charge in [-0.2, -0.15) is 0 Å². The van der Waals surface area contributed by atoms with Gasteiger partial charge in [-0.15, -0.1) is 0 Å². The molecule has 0 spiro atoms. The van der Waals surface area contributed by atoms with Crippen LogP contribution >= 0.6 is 0 Å². The molecule has 3 aromatic rings. The number of hydroxylamine groups is 3. The number of ether oxygens (including phenoxy) is 6. The van der Waals surface area contributed by atoms with Gasteiger partial charge in [0.25, 0.3) is 5.91 Å². The minimum absolute atomic E-state index is 0.00207. The van der Waals surface area contributed by atoms with Gasteiger partial charge in [0.15, 0.2) is 42.4 Å². The van der Waals surface area contributed by atoms with Crippen LogP contribution in [0.25, 0.3) is 0 Å². The number of carbonyl (C=O) groups is 4. The number of hydrogen-bond acceptors (Lipinski definition) is 12. The van der Waals surface area contributed by atoms with E-state index in [9.17, 15) is 24.3 Å². The van der Waals surface area contributed by atoms with Crippen molar-refractivity contribution in [2.45, 2.75) is 25.3 Å². The molecule has 49 heavy (non-hydrogen) atoms. The number of nitrogens with one attached hydrogen (secondary N) is 1. The maximum atomic E-state index is 15.2. The average molecular weight is 685 g/mol. The molecule has 1 aliphatic heterocycles. The van der Waals surface area contributed by atoms with Crippen molar-refractivity contribution < 1.29 is 66.6 Å². The third-order valence-corrected chi connectivity index (χ3v) is 7.75. The lowest BCUT2D eigenvalue weighted by molar-refractivity contribution is -1.04. The van der Waals surface area contributed by atoms with E-state index in [-0.39, 0.29) is 54.9 Å². The highest BCUT2D eigenvalue weighted by Crippen LogP contribution is 2.32. The van der Waals surface area contributed by atoms with Gasteiger partial charge in [-0.1, -0.05) is 16.8 Å². The zero-order valence-electron chi connectivity index (χ0n) is 27.4. The second-order valence-electron chi connectivity index (χ2n) is 10.9. The number of amides is 2. The van der Waals surface area contributed by atoms with Crippen molar-refractivity contribution in [2.24, 2.45) is 0 Å². The second-order valence-corrected chi connectivity index (χ2v) is 10.9. The first-order chi connectivity index (χ1) is 23.6. The molecule has 15 heteroatoms. The van der Waals surface area contributed by atoms with E-state index >= 15 is 4.39 Å². The van der Waals surface area contributed by atoms with E-state index in [4.69, 9.17) is 33.3 Å². The number of rotatable bonds is 13.